The maximum atomic E-state index is 5.51. The topological polar surface area (TPSA) is 71.5 Å². The molecular formula is C22H24N6O. The highest BCUT2D eigenvalue weighted by Crippen LogP contribution is 2.24. The number of rotatable bonds is 6. The van der Waals surface area contributed by atoms with Gasteiger partial charge in [-0.2, -0.15) is 4.52 Å². The van der Waals surface area contributed by atoms with Gasteiger partial charge in [-0.3, -0.25) is 4.90 Å². The lowest BCUT2D eigenvalue weighted by Crippen LogP contribution is -2.30. The molecule has 7 nitrogen and oxygen atoms in total. The van der Waals surface area contributed by atoms with Crippen LogP contribution in [0, 0.1) is 0 Å². The molecule has 0 aliphatic carbocycles. The molecule has 0 amide bonds. The maximum Gasteiger partial charge on any atom is 0.225 e. The second kappa shape index (κ2) is 7.67. The zero-order valence-corrected chi connectivity index (χ0v) is 16.5. The molecule has 1 aromatic carbocycles. The quantitative estimate of drug-likeness (QED) is 0.542. The zero-order chi connectivity index (χ0) is 19.6. The molecule has 1 aliphatic heterocycles. The molecule has 3 aromatic heterocycles. The molecule has 1 aliphatic rings. The van der Waals surface area contributed by atoms with E-state index in [1.54, 1.807) is 10.8 Å². The Kier molecular flexibility index (Phi) is 4.73. The van der Waals surface area contributed by atoms with Gasteiger partial charge < -0.3 is 9.73 Å². The first-order valence-electron chi connectivity index (χ1n) is 10.1. The molecule has 0 spiro atoms. The van der Waals surface area contributed by atoms with Gasteiger partial charge in [-0.1, -0.05) is 31.2 Å². The molecular weight excluding hydrogens is 364 g/mol. The molecule has 29 heavy (non-hydrogen) atoms. The van der Waals surface area contributed by atoms with Crippen molar-refractivity contribution in [1.82, 2.24) is 24.5 Å². The first-order valence-corrected chi connectivity index (χ1v) is 10.1. The van der Waals surface area contributed by atoms with Crippen molar-refractivity contribution in [2.45, 2.75) is 32.9 Å². The Labute approximate surface area is 169 Å². The monoisotopic (exact) mass is 388 g/mol. The van der Waals surface area contributed by atoms with E-state index in [9.17, 15) is 0 Å². The Hall–Kier alpha value is -3.19. The summed E-state index contributed by atoms with van der Waals surface area (Å²) in [6.07, 6.45) is 5.65. The van der Waals surface area contributed by atoms with Gasteiger partial charge in [0.25, 0.3) is 0 Å². The van der Waals surface area contributed by atoms with Crippen LogP contribution in [0.3, 0.4) is 0 Å². The predicted octanol–water partition coefficient (Wildman–Crippen LogP) is 3.76. The van der Waals surface area contributed by atoms with Crippen LogP contribution in [-0.2, 0) is 19.5 Å². The van der Waals surface area contributed by atoms with E-state index in [1.807, 2.05) is 18.3 Å². The summed E-state index contributed by atoms with van der Waals surface area (Å²) in [4.78, 5) is 11.9. The van der Waals surface area contributed by atoms with Crippen LogP contribution in [0.25, 0.3) is 17.2 Å². The Morgan fingerprint density at radius 1 is 1.14 bits per heavy atom. The number of hydrogen-bond acceptors (Lipinski definition) is 6. The van der Waals surface area contributed by atoms with Gasteiger partial charge in [0.15, 0.2) is 11.4 Å². The van der Waals surface area contributed by atoms with E-state index in [1.165, 1.54) is 11.1 Å². The van der Waals surface area contributed by atoms with E-state index in [-0.39, 0.29) is 0 Å². The van der Waals surface area contributed by atoms with E-state index in [4.69, 9.17) is 9.40 Å². The van der Waals surface area contributed by atoms with Crippen LogP contribution in [0.5, 0.6) is 0 Å². The van der Waals surface area contributed by atoms with Gasteiger partial charge in [-0.15, -0.1) is 5.10 Å². The number of benzene rings is 1. The number of aromatic nitrogens is 4. The minimum Gasteiger partial charge on any atom is -0.461 e. The minimum atomic E-state index is 0.577. The third kappa shape index (κ3) is 3.49. The predicted molar refractivity (Wildman–Crippen MR) is 112 cm³/mol. The summed E-state index contributed by atoms with van der Waals surface area (Å²) >= 11 is 0. The molecule has 5 rings (SSSR count). The second-order valence-electron chi connectivity index (χ2n) is 7.41. The number of anilines is 1. The number of nitrogens with one attached hydrogen (secondary N) is 1. The van der Waals surface area contributed by atoms with Gasteiger partial charge in [0.1, 0.15) is 0 Å². The summed E-state index contributed by atoms with van der Waals surface area (Å²) < 4.78 is 7.32. The third-order valence-corrected chi connectivity index (χ3v) is 5.32. The molecule has 4 aromatic rings. The maximum absolute atomic E-state index is 5.51. The number of nitrogens with zero attached hydrogens (tertiary/aromatic N) is 5. The van der Waals surface area contributed by atoms with Crippen molar-refractivity contribution in [3.8, 4) is 11.6 Å². The van der Waals surface area contributed by atoms with Crippen molar-refractivity contribution in [2.24, 2.45) is 0 Å². The van der Waals surface area contributed by atoms with Crippen LogP contribution in [0.2, 0.25) is 0 Å². The molecule has 0 radical (unpaired) electrons. The van der Waals surface area contributed by atoms with Crippen LogP contribution >= 0.6 is 0 Å². The lowest BCUT2D eigenvalue weighted by Gasteiger charge is -2.28. The number of fused-ring (bicyclic) bond motifs is 2. The fourth-order valence-corrected chi connectivity index (χ4v) is 3.83. The summed E-state index contributed by atoms with van der Waals surface area (Å²) in [6, 6.07) is 12.4. The van der Waals surface area contributed by atoms with E-state index in [2.05, 4.69) is 51.5 Å². The molecule has 1 N–H and O–H groups in total. The highest BCUT2D eigenvalue weighted by molar-refractivity contribution is 5.58. The minimum absolute atomic E-state index is 0.577. The Balaban J connectivity index is 1.49. The summed E-state index contributed by atoms with van der Waals surface area (Å²) in [5.41, 5.74) is 4.75. The molecule has 0 atom stereocenters. The number of furan rings is 1. The van der Waals surface area contributed by atoms with Gasteiger partial charge in [-0.05, 0) is 36.1 Å². The molecule has 148 valence electrons. The first-order chi connectivity index (χ1) is 14.3. The van der Waals surface area contributed by atoms with Gasteiger partial charge >= 0.3 is 0 Å². The van der Waals surface area contributed by atoms with Gasteiger partial charge in [0.05, 0.1) is 6.26 Å². The van der Waals surface area contributed by atoms with Crippen molar-refractivity contribution >= 4 is 11.6 Å². The van der Waals surface area contributed by atoms with Gasteiger partial charge in [0, 0.05) is 37.9 Å². The Morgan fingerprint density at radius 2 is 2.03 bits per heavy atom. The van der Waals surface area contributed by atoms with E-state index < -0.39 is 0 Å². The van der Waals surface area contributed by atoms with Gasteiger partial charge in [0.2, 0.25) is 11.8 Å². The second-order valence-corrected chi connectivity index (χ2v) is 7.41. The summed E-state index contributed by atoms with van der Waals surface area (Å²) in [6.45, 7) is 5.72. The van der Waals surface area contributed by atoms with E-state index >= 15 is 0 Å². The van der Waals surface area contributed by atoms with Crippen molar-refractivity contribution < 1.29 is 4.42 Å². The van der Waals surface area contributed by atoms with Crippen LogP contribution in [0.4, 0.5) is 5.95 Å². The molecule has 0 saturated carbocycles. The third-order valence-electron chi connectivity index (χ3n) is 5.32. The summed E-state index contributed by atoms with van der Waals surface area (Å²) in [5, 5.41) is 8.01. The summed E-state index contributed by atoms with van der Waals surface area (Å²) in [5.74, 6) is 1.95. The highest BCUT2D eigenvalue weighted by atomic mass is 16.3. The Morgan fingerprint density at radius 3 is 2.86 bits per heavy atom. The lowest BCUT2D eigenvalue weighted by atomic mass is 10.00. The Bertz CT molecular complexity index is 1120. The van der Waals surface area contributed by atoms with Crippen molar-refractivity contribution in [2.75, 3.05) is 18.4 Å². The molecule has 7 heteroatoms. The molecule has 0 saturated heterocycles. The average molecular weight is 388 g/mol. The summed E-state index contributed by atoms with van der Waals surface area (Å²) in [7, 11) is 0. The molecule has 0 fully saturated rings. The molecule has 0 bridgehead atoms. The van der Waals surface area contributed by atoms with Crippen LogP contribution in [0.1, 0.15) is 30.0 Å². The van der Waals surface area contributed by atoms with E-state index in [0.717, 1.165) is 50.2 Å². The smallest absolute Gasteiger partial charge is 0.225 e. The standard InChI is InChI=1S/C22H24N6O/c1-2-10-23-22-24-13-18(15-27-11-9-16-6-3-4-7-17(16)14-27)21-25-20(26-28(21)22)19-8-5-12-29-19/h3-8,12-13H,2,9-11,14-15H2,1H3,(H,23,24). The number of hydrogen-bond donors (Lipinski definition) is 1. The van der Waals surface area contributed by atoms with Crippen molar-refractivity contribution in [3.63, 3.8) is 0 Å². The van der Waals surface area contributed by atoms with Crippen molar-refractivity contribution in [1.29, 1.82) is 0 Å². The van der Waals surface area contributed by atoms with Crippen LogP contribution in [0.15, 0.2) is 53.3 Å². The lowest BCUT2D eigenvalue weighted by molar-refractivity contribution is 0.246. The highest BCUT2D eigenvalue weighted by Gasteiger charge is 2.20. The SMILES string of the molecule is CCCNc1ncc(CN2CCc3ccccc3C2)c2nc(-c3ccco3)nn12. The van der Waals surface area contributed by atoms with E-state index in [0.29, 0.717) is 17.5 Å². The average Bonchev–Trinajstić information content (AvgIpc) is 3.43. The van der Waals surface area contributed by atoms with Crippen LogP contribution < -0.4 is 5.32 Å². The normalized spacial score (nSPS) is 14.2. The molecule has 0 unspecified atom stereocenters. The van der Waals surface area contributed by atoms with Crippen molar-refractivity contribution in [3.05, 3.63) is 65.5 Å². The van der Waals surface area contributed by atoms with Crippen LogP contribution in [-0.4, -0.2) is 37.6 Å². The first kappa shape index (κ1) is 17.9. The molecule has 4 heterocycles. The van der Waals surface area contributed by atoms with Gasteiger partial charge in [-0.25, -0.2) is 9.97 Å². The largest absolute Gasteiger partial charge is 0.461 e. The fourth-order valence-electron chi connectivity index (χ4n) is 3.83. The fraction of sp³-hybridized carbons (Fsp3) is 0.318. The zero-order valence-electron chi connectivity index (χ0n) is 16.5.